The van der Waals surface area contributed by atoms with Gasteiger partial charge in [-0.25, -0.2) is 5.09 Å². The molecule has 1 heterocycles. The summed E-state index contributed by atoms with van der Waals surface area (Å²) >= 11 is 0.960. The van der Waals surface area contributed by atoms with Crippen LogP contribution >= 0.6 is 18.9 Å². The van der Waals surface area contributed by atoms with Crippen LogP contribution in [0.4, 0.5) is 5.00 Å². The molecule has 28 heavy (non-hydrogen) atoms. The van der Waals surface area contributed by atoms with Gasteiger partial charge in [-0.2, -0.15) is 0 Å². The first-order chi connectivity index (χ1) is 13.2. The third-order valence-electron chi connectivity index (χ3n) is 3.86. The number of ether oxygens (including phenoxy) is 1. The second-order valence-corrected chi connectivity index (χ2v) is 10.3. The molecule has 0 saturated carbocycles. The maximum Gasteiger partial charge on any atom is 0.324 e. The monoisotopic (exact) mass is 426 g/mol. The van der Waals surface area contributed by atoms with Crippen molar-refractivity contribution in [1.82, 2.24) is 5.09 Å². The lowest BCUT2D eigenvalue weighted by Gasteiger charge is -2.25. The Kier molecular flexibility index (Phi) is 7.88. The van der Waals surface area contributed by atoms with Crippen molar-refractivity contribution in [2.75, 3.05) is 0 Å². The average molecular weight is 426 g/mol. The van der Waals surface area contributed by atoms with Gasteiger partial charge in [-0.3, -0.25) is 19.5 Å². The summed E-state index contributed by atoms with van der Waals surface area (Å²) in [5.41, 5.74) is 0.456. The topological polar surface area (TPSA) is 108 Å². The highest BCUT2D eigenvalue weighted by atomic mass is 32.1. The van der Waals surface area contributed by atoms with Crippen molar-refractivity contribution in [2.24, 2.45) is 0 Å². The predicted octanol–water partition coefficient (Wildman–Crippen LogP) is 4.50. The molecule has 1 aromatic heterocycles. The molecule has 0 fully saturated rings. The highest BCUT2D eigenvalue weighted by Gasteiger charge is 2.32. The molecule has 0 aliphatic carbocycles. The first-order valence-corrected chi connectivity index (χ1v) is 11.2. The fourth-order valence-electron chi connectivity index (χ4n) is 2.21. The van der Waals surface area contributed by atoms with Crippen molar-refractivity contribution in [3.63, 3.8) is 0 Å². The quantitative estimate of drug-likeness (QED) is 0.258. The van der Waals surface area contributed by atoms with Gasteiger partial charge in [-0.1, -0.05) is 55.5 Å². The standard InChI is InChI=1S/C18H23N2O6PS/c1-13(2)27(24,26-12-16-9-10-17(28-16)20(22)23)19-14(3)18(21)25-11-15-7-5-4-6-8-15/h4-10,13-14H,11-12H2,1-3H3,(H,19,24)/t14-,27?/m0/s1. The third kappa shape index (κ3) is 6.24. The average Bonchev–Trinajstić information content (AvgIpc) is 3.14. The van der Waals surface area contributed by atoms with Crippen molar-refractivity contribution >= 4 is 29.8 Å². The highest BCUT2D eigenvalue weighted by molar-refractivity contribution is 7.57. The van der Waals surface area contributed by atoms with Crippen LogP contribution in [0, 0.1) is 10.1 Å². The van der Waals surface area contributed by atoms with Crippen LogP contribution in [0.15, 0.2) is 42.5 Å². The number of nitro groups is 1. The summed E-state index contributed by atoms with van der Waals surface area (Å²) in [6, 6.07) is 11.3. The number of carbonyl (C=O) groups excluding carboxylic acids is 1. The summed E-state index contributed by atoms with van der Waals surface area (Å²) in [5.74, 6) is -0.542. The van der Waals surface area contributed by atoms with E-state index in [1.165, 1.54) is 6.07 Å². The van der Waals surface area contributed by atoms with Gasteiger partial charge in [0.25, 0.3) is 7.52 Å². The Balaban J connectivity index is 1.94. The van der Waals surface area contributed by atoms with E-state index in [1.54, 1.807) is 26.8 Å². The molecule has 0 spiro atoms. The summed E-state index contributed by atoms with van der Waals surface area (Å²) in [5, 5.41) is 13.5. The number of hydrogen-bond acceptors (Lipinski definition) is 7. The molecular weight excluding hydrogens is 403 g/mol. The molecule has 2 rings (SSSR count). The molecule has 1 unspecified atom stereocenters. The molecule has 10 heteroatoms. The second kappa shape index (κ2) is 9.93. The number of nitrogens with zero attached hydrogens (tertiary/aromatic N) is 1. The van der Waals surface area contributed by atoms with E-state index in [4.69, 9.17) is 9.26 Å². The first-order valence-electron chi connectivity index (χ1n) is 8.67. The Morgan fingerprint density at radius 3 is 2.43 bits per heavy atom. The van der Waals surface area contributed by atoms with Gasteiger partial charge in [-0.05, 0) is 18.6 Å². The van der Waals surface area contributed by atoms with Crippen LogP contribution in [-0.2, 0) is 31.8 Å². The number of rotatable bonds is 10. The third-order valence-corrected chi connectivity index (χ3v) is 7.49. The van der Waals surface area contributed by atoms with Crippen LogP contribution in [0.3, 0.4) is 0 Å². The Morgan fingerprint density at radius 2 is 1.86 bits per heavy atom. The minimum absolute atomic E-state index is 0.0104. The number of hydrogen-bond donors (Lipinski definition) is 1. The first kappa shape index (κ1) is 22.2. The smallest absolute Gasteiger partial charge is 0.324 e. The molecule has 0 radical (unpaired) electrons. The summed E-state index contributed by atoms with van der Waals surface area (Å²) in [6.45, 7) is 5.06. The predicted molar refractivity (Wildman–Crippen MR) is 107 cm³/mol. The molecule has 2 aromatic rings. The number of esters is 1. The van der Waals surface area contributed by atoms with E-state index in [2.05, 4.69) is 5.09 Å². The molecule has 1 aromatic carbocycles. The zero-order valence-corrected chi connectivity index (χ0v) is 17.6. The van der Waals surface area contributed by atoms with Crippen molar-refractivity contribution < 1.29 is 23.5 Å². The lowest BCUT2D eigenvalue weighted by atomic mass is 10.2. The molecule has 2 atom stereocenters. The maximum atomic E-state index is 13.1. The van der Waals surface area contributed by atoms with Crippen molar-refractivity contribution in [2.45, 2.75) is 45.7 Å². The van der Waals surface area contributed by atoms with E-state index in [-0.39, 0.29) is 18.2 Å². The number of thiophene rings is 1. The van der Waals surface area contributed by atoms with Gasteiger partial charge in [0.1, 0.15) is 12.6 Å². The maximum absolute atomic E-state index is 13.1. The van der Waals surface area contributed by atoms with Crippen LogP contribution < -0.4 is 5.09 Å². The van der Waals surface area contributed by atoms with Gasteiger partial charge in [-0.15, -0.1) is 0 Å². The van der Waals surface area contributed by atoms with Crippen molar-refractivity contribution in [3.05, 3.63) is 63.0 Å². The molecule has 1 N–H and O–H groups in total. The molecule has 0 bridgehead atoms. The van der Waals surface area contributed by atoms with E-state index >= 15 is 0 Å². The lowest BCUT2D eigenvalue weighted by molar-refractivity contribution is -0.380. The van der Waals surface area contributed by atoms with Crippen molar-refractivity contribution in [1.29, 1.82) is 0 Å². The fraction of sp³-hybridized carbons (Fsp3) is 0.389. The number of nitrogens with one attached hydrogen (secondary N) is 1. The molecule has 8 nitrogen and oxygen atoms in total. The van der Waals surface area contributed by atoms with E-state index in [9.17, 15) is 19.5 Å². The Bertz CT molecular complexity index is 855. The Hall–Kier alpha value is -2.06. The van der Waals surface area contributed by atoms with E-state index in [0.717, 1.165) is 16.9 Å². The number of benzene rings is 1. The summed E-state index contributed by atoms with van der Waals surface area (Å²) in [4.78, 5) is 23.1. The van der Waals surface area contributed by atoms with E-state index in [0.29, 0.717) is 4.88 Å². The van der Waals surface area contributed by atoms with Gasteiger partial charge in [0, 0.05) is 16.6 Å². The van der Waals surface area contributed by atoms with Crippen LogP contribution in [0.5, 0.6) is 0 Å². The second-order valence-electron chi connectivity index (χ2n) is 6.41. The Morgan fingerprint density at radius 1 is 1.18 bits per heavy atom. The van der Waals surface area contributed by atoms with E-state index in [1.807, 2.05) is 30.3 Å². The van der Waals surface area contributed by atoms with Gasteiger partial charge in [0.05, 0.1) is 11.5 Å². The van der Waals surface area contributed by atoms with Gasteiger partial charge in [0.15, 0.2) is 0 Å². The fourth-order valence-corrected chi connectivity index (χ4v) is 4.68. The van der Waals surface area contributed by atoms with Crippen LogP contribution in [0.25, 0.3) is 0 Å². The minimum Gasteiger partial charge on any atom is -0.460 e. The molecule has 152 valence electrons. The zero-order chi connectivity index (χ0) is 20.7. The van der Waals surface area contributed by atoms with Crippen LogP contribution in [-0.4, -0.2) is 22.6 Å². The lowest BCUT2D eigenvalue weighted by Crippen LogP contribution is -2.35. The molecule has 0 saturated heterocycles. The molecular formula is C18H23N2O6PS. The van der Waals surface area contributed by atoms with E-state index < -0.39 is 30.1 Å². The van der Waals surface area contributed by atoms with Crippen molar-refractivity contribution in [3.8, 4) is 0 Å². The van der Waals surface area contributed by atoms with Gasteiger partial charge >= 0.3 is 11.0 Å². The van der Waals surface area contributed by atoms with Gasteiger partial charge < -0.3 is 9.26 Å². The highest BCUT2D eigenvalue weighted by Crippen LogP contribution is 2.49. The van der Waals surface area contributed by atoms with Crippen LogP contribution in [0.1, 0.15) is 31.2 Å². The van der Waals surface area contributed by atoms with Crippen LogP contribution in [0.2, 0.25) is 0 Å². The summed E-state index contributed by atoms with van der Waals surface area (Å²) in [7, 11) is -3.39. The molecule has 0 aliphatic rings. The summed E-state index contributed by atoms with van der Waals surface area (Å²) < 4.78 is 24.0. The molecule has 0 aliphatic heterocycles. The van der Waals surface area contributed by atoms with Gasteiger partial charge in [0.2, 0.25) is 0 Å². The SMILES string of the molecule is CC(C)P(=O)(N[C@@H](C)C(=O)OCc1ccccc1)OCc1ccc([N+](=O)[O-])s1. The zero-order valence-electron chi connectivity index (χ0n) is 15.9. The normalized spacial score (nSPS) is 14.4. The number of carbonyl (C=O) groups is 1. The molecule has 0 amide bonds. The minimum atomic E-state index is -3.39. The largest absolute Gasteiger partial charge is 0.460 e. The summed E-state index contributed by atoms with van der Waals surface area (Å²) in [6.07, 6.45) is 0. The Labute approximate surface area is 167 Å².